The largest absolute Gasteiger partial charge is 0.489 e. The number of anilines is 2. The highest BCUT2D eigenvalue weighted by atomic mass is 127. The van der Waals surface area contributed by atoms with Crippen LogP contribution in [0.3, 0.4) is 0 Å². The number of carbonyl (C=O) groups is 1. The van der Waals surface area contributed by atoms with Crippen molar-refractivity contribution in [3.63, 3.8) is 0 Å². The molecule has 0 radical (unpaired) electrons. The Morgan fingerprint density at radius 2 is 1.67 bits per heavy atom. The van der Waals surface area contributed by atoms with Crippen LogP contribution in [-0.2, 0) is 6.61 Å². The van der Waals surface area contributed by atoms with Gasteiger partial charge in [-0.25, -0.2) is 10.4 Å². The number of aromatic nitrogens is 1. The Labute approximate surface area is 244 Å². The second kappa shape index (κ2) is 12.7. The third-order valence-corrected chi connectivity index (χ3v) is 7.31. The number of hydrogen-bond donors (Lipinski definition) is 2. The molecule has 1 heterocycles. The van der Waals surface area contributed by atoms with E-state index in [0.29, 0.717) is 12.2 Å². The van der Waals surface area contributed by atoms with Gasteiger partial charge in [0, 0.05) is 25.8 Å². The van der Waals surface area contributed by atoms with E-state index in [9.17, 15) is 4.79 Å². The lowest BCUT2D eigenvalue weighted by atomic mass is 10.1. The lowest BCUT2D eigenvalue weighted by Gasteiger charge is -2.06. The van der Waals surface area contributed by atoms with Gasteiger partial charge in [0.1, 0.15) is 12.4 Å². The van der Waals surface area contributed by atoms with Gasteiger partial charge in [-0.15, -0.1) is 11.3 Å². The first kappa shape index (κ1) is 26.6. The maximum absolute atomic E-state index is 12.5. The molecule has 0 aliphatic heterocycles. The molecular weight excluding hydrogens is 619 g/mol. The number of benzene rings is 4. The lowest BCUT2D eigenvalue weighted by molar-refractivity contribution is 0.0955. The predicted molar refractivity (Wildman–Crippen MR) is 167 cm³/mol. The minimum atomic E-state index is -0.282. The second-order valence-electron chi connectivity index (χ2n) is 8.79. The van der Waals surface area contributed by atoms with E-state index in [4.69, 9.17) is 4.74 Å². The Morgan fingerprint density at radius 1 is 0.949 bits per heavy atom. The van der Waals surface area contributed by atoms with Crippen LogP contribution in [0.15, 0.2) is 108 Å². The van der Waals surface area contributed by atoms with Crippen LogP contribution < -0.4 is 15.5 Å². The molecule has 0 fully saturated rings. The number of rotatable bonds is 9. The fourth-order valence-corrected chi connectivity index (χ4v) is 4.74. The smallest absolute Gasteiger partial charge is 0.271 e. The summed E-state index contributed by atoms with van der Waals surface area (Å²) in [5.41, 5.74) is 9.07. The third kappa shape index (κ3) is 7.52. The van der Waals surface area contributed by atoms with E-state index in [1.54, 1.807) is 18.3 Å². The van der Waals surface area contributed by atoms with Crippen LogP contribution in [0.25, 0.3) is 11.3 Å². The summed E-state index contributed by atoms with van der Waals surface area (Å²) in [7, 11) is 0. The van der Waals surface area contributed by atoms with Crippen molar-refractivity contribution in [2.24, 2.45) is 5.10 Å². The molecule has 4 aromatic carbocycles. The Morgan fingerprint density at radius 3 is 2.38 bits per heavy atom. The summed E-state index contributed by atoms with van der Waals surface area (Å²) in [5, 5.41) is 10.2. The lowest BCUT2D eigenvalue weighted by Crippen LogP contribution is -2.17. The van der Waals surface area contributed by atoms with Crippen molar-refractivity contribution in [1.82, 2.24) is 10.4 Å². The molecular formula is C31H25IN4O2S. The van der Waals surface area contributed by atoms with Crippen molar-refractivity contribution in [3.05, 3.63) is 128 Å². The highest BCUT2D eigenvalue weighted by Gasteiger charge is 2.08. The van der Waals surface area contributed by atoms with E-state index in [0.717, 1.165) is 39.0 Å². The van der Waals surface area contributed by atoms with E-state index in [-0.39, 0.29) is 5.91 Å². The molecule has 0 bridgehead atoms. The summed E-state index contributed by atoms with van der Waals surface area (Å²) in [4.78, 5) is 17.2. The Hall–Kier alpha value is -4.02. The van der Waals surface area contributed by atoms with Gasteiger partial charge in [-0.05, 0) is 101 Å². The van der Waals surface area contributed by atoms with Crippen molar-refractivity contribution in [2.45, 2.75) is 13.5 Å². The van der Waals surface area contributed by atoms with E-state index in [2.05, 4.69) is 86.7 Å². The number of hydrazone groups is 1. The van der Waals surface area contributed by atoms with E-state index < -0.39 is 0 Å². The molecule has 39 heavy (non-hydrogen) atoms. The molecule has 1 aromatic heterocycles. The number of nitrogens with zero attached hydrogens (tertiary/aromatic N) is 2. The maximum atomic E-state index is 12.5. The summed E-state index contributed by atoms with van der Waals surface area (Å²) < 4.78 is 7.03. The highest BCUT2D eigenvalue weighted by Crippen LogP contribution is 2.27. The van der Waals surface area contributed by atoms with Gasteiger partial charge in [0.15, 0.2) is 5.13 Å². The molecule has 0 atom stereocenters. The SMILES string of the molecule is Cc1ccc(Nc2nc(-c3ccc(C(=O)N/N=C\c4ccc(OCc5ccc(I)cc5)cc4)cc3)cs2)cc1. The van der Waals surface area contributed by atoms with Crippen LogP contribution in [-0.4, -0.2) is 17.1 Å². The summed E-state index contributed by atoms with van der Waals surface area (Å²) >= 11 is 3.82. The minimum absolute atomic E-state index is 0.282. The quantitative estimate of drug-likeness (QED) is 0.0976. The molecule has 0 aliphatic carbocycles. The monoisotopic (exact) mass is 644 g/mol. The maximum Gasteiger partial charge on any atom is 0.271 e. The molecule has 1 amide bonds. The first-order chi connectivity index (χ1) is 19.0. The normalized spacial score (nSPS) is 10.9. The van der Waals surface area contributed by atoms with Crippen LogP contribution >= 0.6 is 33.9 Å². The molecule has 0 spiro atoms. The number of ether oxygens (including phenoxy) is 1. The number of hydrogen-bond acceptors (Lipinski definition) is 6. The molecule has 8 heteroatoms. The molecule has 5 rings (SSSR count). The van der Waals surface area contributed by atoms with Crippen LogP contribution in [0.2, 0.25) is 0 Å². The average molecular weight is 645 g/mol. The summed E-state index contributed by atoms with van der Waals surface area (Å²) in [6.45, 7) is 2.57. The van der Waals surface area contributed by atoms with Crippen molar-refractivity contribution in [2.75, 3.05) is 5.32 Å². The molecule has 0 aliphatic rings. The van der Waals surface area contributed by atoms with E-state index in [1.807, 2.05) is 53.9 Å². The number of amides is 1. The predicted octanol–water partition coefficient (Wildman–Crippen LogP) is 7.81. The molecule has 0 saturated heterocycles. The Kier molecular flexibility index (Phi) is 8.65. The van der Waals surface area contributed by atoms with Gasteiger partial charge in [0.2, 0.25) is 0 Å². The van der Waals surface area contributed by atoms with Gasteiger partial charge < -0.3 is 10.1 Å². The number of thiazole rings is 1. The molecule has 194 valence electrons. The highest BCUT2D eigenvalue weighted by molar-refractivity contribution is 14.1. The fourth-order valence-electron chi connectivity index (χ4n) is 3.64. The average Bonchev–Trinajstić information content (AvgIpc) is 3.43. The fraction of sp³-hybridized carbons (Fsp3) is 0.0645. The zero-order valence-corrected chi connectivity index (χ0v) is 24.1. The summed E-state index contributed by atoms with van der Waals surface area (Å²) in [6, 6.07) is 31.3. The van der Waals surface area contributed by atoms with Gasteiger partial charge in [-0.3, -0.25) is 4.79 Å². The minimum Gasteiger partial charge on any atom is -0.489 e. The van der Waals surface area contributed by atoms with Crippen molar-refractivity contribution >= 4 is 56.9 Å². The zero-order valence-electron chi connectivity index (χ0n) is 21.1. The first-order valence-electron chi connectivity index (χ1n) is 12.2. The number of aryl methyl sites for hydroxylation is 1. The molecule has 0 unspecified atom stereocenters. The third-order valence-electron chi connectivity index (χ3n) is 5.83. The van der Waals surface area contributed by atoms with Gasteiger partial charge in [-0.1, -0.05) is 42.0 Å². The number of halogens is 1. The number of nitrogens with one attached hydrogen (secondary N) is 2. The van der Waals surface area contributed by atoms with Gasteiger partial charge in [0.05, 0.1) is 11.9 Å². The van der Waals surface area contributed by atoms with Crippen LogP contribution in [0, 0.1) is 10.5 Å². The standard InChI is InChI=1S/C31H25IN4O2S/c1-21-2-14-27(15-3-21)34-31-35-29(20-39-31)24-8-10-25(11-9-24)30(37)36-33-18-22-6-16-28(17-7-22)38-19-23-4-12-26(32)13-5-23/h2-18,20H,19H2,1H3,(H,34,35)(H,36,37)/b33-18-. The van der Waals surface area contributed by atoms with Crippen molar-refractivity contribution in [3.8, 4) is 17.0 Å². The van der Waals surface area contributed by atoms with Crippen molar-refractivity contribution in [1.29, 1.82) is 0 Å². The van der Waals surface area contributed by atoms with E-state index in [1.165, 1.54) is 20.5 Å². The number of carbonyl (C=O) groups excluding carboxylic acids is 1. The van der Waals surface area contributed by atoms with Crippen LogP contribution in [0.1, 0.15) is 27.0 Å². The van der Waals surface area contributed by atoms with Crippen LogP contribution in [0.4, 0.5) is 10.8 Å². The first-order valence-corrected chi connectivity index (χ1v) is 14.2. The second-order valence-corrected chi connectivity index (χ2v) is 10.9. The van der Waals surface area contributed by atoms with Gasteiger partial charge >= 0.3 is 0 Å². The Bertz CT molecular complexity index is 1560. The van der Waals surface area contributed by atoms with Crippen molar-refractivity contribution < 1.29 is 9.53 Å². The van der Waals surface area contributed by atoms with Crippen LogP contribution in [0.5, 0.6) is 5.75 Å². The molecule has 0 saturated carbocycles. The summed E-state index contributed by atoms with van der Waals surface area (Å²) in [5.74, 6) is 0.489. The molecule has 5 aromatic rings. The zero-order chi connectivity index (χ0) is 27.0. The van der Waals surface area contributed by atoms with E-state index >= 15 is 0 Å². The summed E-state index contributed by atoms with van der Waals surface area (Å²) in [6.07, 6.45) is 1.60. The van der Waals surface area contributed by atoms with Gasteiger partial charge in [-0.2, -0.15) is 5.10 Å². The molecule has 6 nitrogen and oxygen atoms in total. The topological polar surface area (TPSA) is 75.6 Å². The Balaban J connectivity index is 1.11. The van der Waals surface area contributed by atoms with Gasteiger partial charge in [0.25, 0.3) is 5.91 Å². The molecule has 2 N–H and O–H groups in total.